The van der Waals surface area contributed by atoms with Crippen molar-refractivity contribution in [3.63, 3.8) is 0 Å². The second-order valence-electron chi connectivity index (χ2n) is 3.27. The number of rotatable bonds is 2. The summed E-state index contributed by atoms with van der Waals surface area (Å²) in [6, 6.07) is 0. The molecule has 0 aliphatic carbocycles. The number of carboxylic acid groups (broad SMARTS) is 1. The van der Waals surface area contributed by atoms with Gasteiger partial charge in [-0.25, -0.2) is 4.79 Å². The molecular weight excluding hydrogens is 212 g/mol. The monoisotopic (exact) mass is 224 g/mol. The van der Waals surface area contributed by atoms with Gasteiger partial charge >= 0.3 is 5.97 Å². The molecule has 88 valence electrons. The zero-order chi connectivity index (χ0) is 11.8. The van der Waals surface area contributed by atoms with Crippen LogP contribution in [-0.4, -0.2) is 73.4 Å². The van der Waals surface area contributed by atoms with E-state index in [4.69, 9.17) is 10.2 Å². The van der Waals surface area contributed by atoms with Crippen LogP contribution in [0.2, 0.25) is 0 Å². The Labute approximate surface area is 84.0 Å². The summed E-state index contributed by atoms with van der Waals surface area (Å²) in [5.74, 6) is -4.95. The van der Waals surface area contributed by atoms with Gasteiger partial charge in [0.1, 0.15) is 24.4 Å². The molecule has 1 rings (SSSR count). The lowest BCUT2D eigenvalue weighted by Gasteiger charge is -2.42. The molecule has 0 radical (unpaired) electrons. The van der Waals surface area contributed by atoms with Crippen LogP contribution in [0.3, 0.4) is 0 Å². The minimum atomic E-state index is -3.04. The van der Waals surface area contributed by atoms with Crippen molar-refractivity contribution >= 4 is 5.97 Å². The molecule has 0 bridgehead atoms. The molecule has 6 N–H and O–H groups in total. The van der Waals surface area contributed by atoms with Crippen molar-refractivity contribution < 1.29 is 40.2 Å². The molecule has 0 spiro atoms. The highest BCUT2D eigenvalue weighted by atomic mass is 16.7. The Hall–Kier alpha value is -0.770. The first-order valence-corrected chi connectivity index (χ1v) is 4.13. The van der Waals surface area contributed by atoms with Crippen LogP contribution in [0.25, 0.3) is 0 Å². The lowest BCUT2D eigenvalue weighted by atomic mass is 9.93. The van der Waals surface area contributed by atoms with Crippen molar-refractivity contribution in [1.82, 2.24) is 0 Å². The van der Waals surface area contributed by atoms with E-state index in [2.05, 4.69) is 4.74 Å². The Balaban J connectivity index is 2.97. The van der Waals surface area contributed by atoms with E-state index < -0.39 is 42.8 Å². The molecule has 0 aromatic carbocycles. The maximum Gasteiger partial charge on any atom is 0.367 e. The van der Waals surface area contributed by atoms with Gasteiger partial charge in [0.2, 0.25) is 0 Å². The van der Waals surface area contributed by atoms with Crippen LogP contribution >= 0.6 is 0 Å². The molecule has 0 saturated carbocycles. The lowest BCUT2D eigenvalue weighted by Crippen LogP contribution is -2.68. The highest BCUT2D eigenvalue weighted by Crippen LogP contribution is 2.28. The van der Waals surface area contributed by atoms with Gasteiger partial charge < -0.3 is 35.4 Å². The number of carbonyl (C=O) groups is 1. The van der Waals surface area contributed by atoms with Gasteiger partial charge in [0.15, 0.2) is 0 Å². The van der Waals surface area contributed by atoms with Gasteiger partial charge in [0.25, 0.3) is 5.79 Å². The predicted molar refractivity (Wildman–Crippen MR) is 42.6 cm³/mol. The molecule has 0 unspecified atom stereocenters. The van der Waals surface area contributed by atoms with E-state index in [1.54, 1.807) is 0 Å². The zero-order valence-corrected chi connectivity index (χ0v) is 7.52. The molecule has 1 heterocycles. The Kier molecular flexibility index (Phi) is 3.28. The fourth-order valence-electron chi connectivity index (χ4n) is 1.33. The molecule has 0 amide bonds. The molecule has 8 heteroatoms. The largest absolute Gasteiger partial charge is 0.477 e. The van der Waals surface area contributed by atoms with Crippen molar-refractivity contribution in [2.75, 3.05) is 6.61 Å². The van der Waals surface area contributed by atoms with Crippen molar-refractivity contribution in [2.24, 2.45) is 0 Å². The Morgan fingerprint density at radius 1 is 1.27 bits per heavy atom. The van der Waals surface area contributed by atoms with Crippen LogP contribution in [0.1, 0.15) is 0 Å². The van der Waals surface area contributed by atoms with Gasteiger partial charge in [-0.2, -0.15) is 0 Å². The molecule has 1 aliphatic rings. The maximum atomic E-state index is 10.6. The Morgan fingerprint density at radius 2 is 1.80 bits per heavy atom. The van der Waals surface area contributed by atoms with Gasteiger partial charge in [0, 0.05) is 0 Å². The Morgan fingerprint density at radius 3 is 2.20 bits per heavy atom. The van der Waals surface area contributed by atoms with E-state index in [1.165, 1.54) is 0 Å². The van der Waals surface area contributed by atoms with Crippen molar-refractivity contribution in [3.05, 3.63) is 0 Å². The summed E-state index contributed by atoms with van der Waals surface area (Å²) in [4.78, 5) is 10.6. The Bertz CT molecular complexity index is 253. The van der Waals surface area contributed by atoms with Crippen molar-refractivity contribution in [2.45, 2.75) is 30.2 Å². The van der Waals surface area contributed by atoms with E-state index in [-0.39, 0.29) is 0 Å². The number of hydrogen-bond donors (Lipinski definition) is 6. The molecule has 1 aliphatic heterocycles. The number of carboxylic acids is 1. The fourth-order valence-corrected chi connectivity index (χ4v) is 1.33. The second-order valence-corrected chi connectivity index (χ2v) is 3.27. The molecule has 0 aromatic heterocycles. The smallest absolute Gasteiger partial charge is 0.367 e. The molecule has 8 nitrogen and oxygen atoms in total. The van der Waals surface area contributed by atoms with Crippen LogP contribution in [0.15, 0.2) is 0 Å². The summed E-state index contributed by atoms with van der Waals surface area (Å²) in [7, 11) is 0. The molecule has 5 atom stereocenters. The molecule has 15 heavy (non-hydrogen) atoms. The molecule has 0 aromatic rings. The predicted octanol–water partition coefficient (Wildman–Crippen LogP) is -3.77. The summed E-state index contributed by atoms with van der Waals surface area (Å²) in [6.07, 6.45) is -7.28. The SMILES string of the molecule is O=C(O)[C@@]1(O)O[C@H](CO)[C@H](O)[C@H](O)[C@H]1O. The minimum Gasteiger partial charge on any atom is -0.477 e. The van der Waals surface area contributed by atoms with E-state index in [1.807, 2.05) is 0 Å². The average molecular weight is 224 g/mol. The van der Waals surface area contributed by atoms with Gasteiger partial charge in [-0.1, -0.05) is 0 Å². The number of aliphatic carboxylic acids is 1. The summed E-state index contributed by atoms with van der Waals surface area (Å²) in [5, 5.41) is 54.3. The van der Waals surface area contributed by atoms with E-state index >= 15 is 0 Å². The minimum absolute atomic E-state index is 0.805. The average Bonchev–Trinajstić information content (AvgIpc) is 2.20. The third-order valence-electron chi connectivity index (χ3n) is 2.27. The van der Waals surface area contributed by atoms with Crippen LogP contribution in [0.4, 0.5) is 0 Å². The van der Waals surface area contributed by atoms with Crippen LogP contribution in [0.5, 0.6) is 0 Å². The van der Waals surface area contributed by atoms with E-state index in [9.17, 15) is 25.2 Å². The molecule has 1 saturated heterocycles. The second kappa shape index (κ2) is 4.00. The molecular formula is C7H12O8. The van der Waals surface area contributed by atoms with E-state index in [0.717, 1.165) is 0 Å². The quantitative estimate of drug-likeness (QED) is 0.280. The zero-order valence-electron chi connectivity index (χ0n) is 7.52. The highest BCUT2D eigenvalue weighted by Gasteiger charge is 2.57. The van der Waals surface area contributed by atoms with Crippen molar-refractivity contribution in [3.8, 4) is 0 Å². The third-order valence-corrected chi connectivity index (χ3v) is 2.27. The summed E-state index contributed by atoms with van der Waals surface area (Å²) < 4.78 is 4.43. The van der Waals surface area contributed by atoms with Crippen molar-refractivity contribution in [1.29, 1.82) is 0 Å². The van der Waals surface area contributed by atoms with Gasteiger partial charge in [-0.05, 0) is 0 Å². The standard InChI is InChI=1S/C7H12O8/c8-1-2-3(9)4(10)5(11)7(14,15-2)6(12)13/h2-5,8-11,14H,1H2,(H,12,13)/t2-,3+,4+,5-,7+/m1/s1. The van der Waals surface area contributed by atoms with Crippen LogP contribution in [0, 0.1) is 0 Å². The lowest BCUT2D eigenvalue weighted by molar-refractivity contribution is -0.337. The molecule has 1 fully saturated rings. The number of ether oxygens (including phenoxy) is 1. The number of aliphatic hydroxyl groups excluding tert-OH is 4. The van der Waals surface area contributed by atoms with Crippen LogP contribution < -0.4 is 0 Å². The van der Waals surface area contributed by atoms with Gasteiger partial charge in [-0.3, -0.25) is 0 Å². The first-order valence-electron chi connectivity index (χ1n) is 4.13. The maximum absolute atomic E-state index is 10.6. The summed E-state index contributed by atoms with van der Waals surface area (Å²) >= 11 is 0. The van der Waals surface area contributed by atoms with Gasteiger partial charge in [-0.15, -0.1) is 0 Å². The number of hydrogen-bond acceptors (Lipinski definition) is 7. The normalized spacial score (nSPS) is 46.5. The first kappa shape index (κ1) is 12.3. The number of aliphatic hydroxyl groups is 5. The topological polar surface area (TPSA) is 148 Å². The van der Waals surface area contributed by atoms with Gasteiger partial charge in [0.05, 0.1) is 6.61 Å². The fraction of sp³-hybridized carbons (Fsp3) is 0.857. The summed E-state index contributed by atoms with van der Waals surface area (Å²) in [5.41, 5.74) is 0. The van der Waals surface area contributed by atoms with Crippen LogP contribution in [-0.2, 0) is 9.53 Å². The summed E-state index contributed by atoms with van der Waals surface area (Å²) in [6.45, 7) is -0.805. The first-order chi connectivity index (χ1) is 6.84. The third kappa shape index (κ3) is 1.83. The van der Waals surface area contributed by atoms with E-state index in [0.29, 0.717) is 0 Å². The highest BCUT2D eigenvalue weighted by molar-refractivity contribution is 5.76.